The van der Waals surface area contributed by atoms with E-state index < -0.39 is 0 Å². The molecule has 0 atom stereocenters. The van der Waals surface area contributed by atoms with Crippen molar-refractivity contribution in [3.8, 4) is 0 Å². The van der Waals surface area contributed by atoms with Crippen LogP contribution in [0, 0.1) is 0 Å². The molecular weight excluding hydrogens is 264 g/mol. The van der Waals surface area contributed by atoms with Gasteiger partial charge in [-0.05, 0) is 11.8 Å². The van der Waals surface area contributed by atoms with Crippen molar-refractivity contribution in [1.29, 1.82) is 0 Å². The first-order chi connectivity index (χ1) is 8.19. The molecule has 0 saturated heterocycles. The van der Waals surface area contributed by atoms with Crippen molar-refractivity contribution in [3.05, 3.63) is 33.8 Å². The van der Waals surface area contributed by atoms with Crippen LogP contribution in [0.5, 0.6) is 0 Å². The van der Waals surface area contributed by atoms with Crippen molar-refractivity contribution in [1.82, 2.24) is 19.9 Å². The molecule has 17 heavy (non-hydrogen) atoms. The normalized spacial score (nSPS) is 10.2. The number of nitrogens with one attached hydrogen (secondary N) is 2. The molecule has 88 valence electrons. The van der Waals surface area contributed by atoms with Gasteiger partial charge in [-0.25, -0.2) is 20.8 Å². The minimum Gasteiger partial charge on any atom is -0.301 e. The summed E-state index contributed by atoms with van der Waals surface area (Å²) in [6.07, 6.45) is 2.81. The number of halogens is 1. The topological polar surface area (TPSA) is 110 Å². The lowest BCUT2D eigenvalue weighted by molar-refractivity contribution is 0.928. The van der Waals surface area contributed by atoms with Crippen LogP contribution < -0.4 is 16.8 Å². The summed E-state index contributed by atoms with van der Waals surface area (Å²) in [5, 5.41) is 1.19. The van der Waals surface area contributed by atoms with E-state index in [-0.39, 0.29) is 11.5 Å². The maximum atomic E-state index is 11.1. The summed E-state index contributed by atoms with van der Waals surface area (Å²) in [7, 11) is 0. The molecular formula is C8H7ClN6OS. The molecule has 0 saturated carbocycles. The number of hydrogen-bond donors (Lipinski definition) is 3. The summed E-state index contributed by atoms with van der Waals surface area (Å²) in [6.45, 7) is 0. The number of H-pyrrole nitrogens is 1. The van der Waals surface area contributed by atoms with Crippen molar-refractivity contribution < 1.29 is 0 Å². The van der Waals surface area contributed by atoms with Crippen molar-refractivity contribution in [2.75, 3.05) is 5.43 Å². The van der Waals surface area contributed by atoms with Crippen LogP contribution in [0.1, 0.15) is 0 Å². The molecule has 0 aliphatic rings. The van der Waals surface area contributed by atoms with Crippen LogP contribution in [0.3, 0.4) is 0 Å². The Morgan fingerprint density at radius 2 is 2.29 bits per heavy atom. The van der Waals surface area contributed by atoms with Gasteiger partial charge in [0, 0.05) is 12.3 Å². The second-order valence-corrected chi connectivity index (χ2v) is 4.22. The smallest absolute Gasteiger partial charge is 0.251 e. The van der Waals surface area contributed by atoms with Crippen molar-refractivity contribution in [2.45, 2.75) is 10.2 Å². The standard InChI is InChI=1S/C8H7ClN6OS/c9-4-3-12-7(15-10)14-6(4)17-8-11-2-1-5(16)13-8/h1-3H,10H2,(H,11,13,16)(H,12,14,15). The number of anilines is 1. The number of aromatic nitrogens is 4. The van der Waals surface area contributed by atoms with E-state index in [2.05, 4.69) is 25.4 Å². The average molecular weight is 271 g/mol. The van der Waals surface area contributed by atoms with E-state index in [1.165, 1.54) is 18.5 Å². The molecule has 0 amide bonds. The molecule has 0 fully saturated rings. The number of hydrogen-bond acceptors (Lipinski definition) is 7. The fourth-order valence-electron chi connectivity index (χ4n) is 0.988. The third-order valence-electron chi connectivity index (χ3n) is 1.68. The van der Waals surface area contributed by atoms with Crippen LogP contribution in [0.15, 0.2) is 33.4 Å². The Balaban J connectivity index is 2.32. The second kappa shape index (κ2) is 5.13. The van der Waals surface area contributed by atoms with E-state index in [0.29, 0.717) is 15.2 Å². The summed E-state index contributed by atoms with van der Waals surface area (Å²) in [4.78, 5) is 25.5. The number of nitrogens with two attached hydrogens (primary N) is 1. The van der Waals surface area contributed by atoms with Gasteiger partial charge in [0.15, 0.2) is 5.16 Å². The molecule has 0 aliphatic heterocycles. The Bertz CT molecular complexity index is 588. The zero-order chi connectivity index (χ0) is 12.3. The Kier molecular flexibility index (Phi) is 3.57. The van der Waals surface area contributed by atoms with Crippen molar-refractivity contribution >= 4 is 29.3 Å². The summed E-state index contributed by atoms with van der Waals surface area (Å²) < 4.78 is 0. The monoisotopic (exact) mass is 270 g/mol. The van der Waals surface area contributed by atoms with Crippen LogP contribution in [0.25, 0.3) is 0 Å². The predicted molar refractivity (Wildman–Crippen MR) is 63.8 cm³/mol. The highest BCUT2D eigenvalue weighted by molar-refractivity contribution is 7.99. The van der Waals surface area contributed by atoms with Gasteiger partial charge >= 0.3 is 0 Å². The van der Waals surface area contributed by atoms with Gasteiger partial charge in [-0.2, -0.15) is 0 Å². The van der Waals surface area contributed by atoms with Gasteiger partial charge in [0.05, 0.1) is 11.2 Å². The zero-order valence-corrected chi connectivity index (χ0v) is 9.92. The van der Waals surface area contributed by atoms with Crippen LogP contribution in [0.4, 0.5) is 5.95 Å². The SMILES string of the molecule is NNc1ncc(Cl)c(Sc2nccc(=O)[nH]2)n1. The molecule has 0 bridgehead atoms. The van der Waals surface area contributed by atoms with Gasteiger partial charge in [-0.1, -0.05) is 11.6 Å². The van der Waals surface area contributed by atoms with E-state index in [4.69, 9.17) is 17.4 Å². The lowest BCUT2D eigenvalue weighted by Crippen LogP contribution is -2.10. The number of rotatable bonds is 3. The highest BCUT2D eigenvalue weighted by Gasteiger charge is 2.08. The van der Waals surface area contributed by atoms with Crippen molar-refractivity contribution in [2.24, 2.45) is 5.84 Å². The molecule has 0 unspecified atom stereocenters. The summed E-state index contributed by atoms with van der Waals surface area (Å²) in [5.74, 6) is 5.42. The quantitative estimate of drug-likeness (QED) is 0.325. The fourth-order valence-corrected chi connectivity index (χ4v) is 1.93. The minimum absolute atomic E-state index is 0.232. The van der Waals surface area contributed by atoms with E-state index >= 15 is 0 Å². The lowest BCUT2D eigenvalue weighted by atomic mass is 10.7. The van der Waals surface area contributed by atoms with Crippen molar-refractivity contribution in [3.63, 3.8) is 0 Å². The molecule has 0 radical (unpaired) electrons. The molecule has 2 heterocycles. The maximum absolute atomic E-state index is 11.1. The predicted octanol–water partition coefficient (Wildman–Crippen LogP) is 0.650. The number of aromatic amines is 1. The van der Waals surface area contributed by atoms with Crippen LogP contribution in [-0.4, -0.2) is 19.9 Å². The van der Waals surface area contributed by atoms with Gasteiger partial charge in [-0.15, -0.1) is 0 Å². The fraction of sp³-hybridized carbons (Fsp3) is 0. The highest BCUT2D eigenvalue weighted by Crippen LogP contribution is 2.28. The Hall–Kier alpha value is -1.64. The Morgan fingerprint density at radius 1 is 1.47 bits per heavy atom. The molecule has 0 aliphatic carbocycles. The summed E-state index contributed by atoms with van der Waals surface area (Å²) in [6, 6.07) is 1.32. The summed E-state index contributed by atoms with van der Waals surface area (Å²) in [5.41, 5.74) is 2.06. The third-order valence-corrected chi connectivity index (χ3v) is 2.98. The first kappa shape index (κ1) is 11.8. The molecule has 0 spiro atoms. The van der Waals surface area contributed by atoms with E-state index in [0.717, 1.165) is 11.8 Å². The molecule has 7 nitrogen and oxygen atoms in total. The van der Waals surface area contributed by atoms with Crippen LogP contribution in [-0.2, 0) is 0 Å². The largest absolute Gasteiger partial charge is 0.301 e. The van der Waals surface area contributed by atoms with Gasteiger partial charge in [0.1, 0.15) is 5.03 Å². The molecule has 2 rings (SSSR count). The zero-order valence-electron chi connectivity index (χ0n) is 8.35. The minimum atomic E-state index is -0.246. The Labute approximate surface area is 105 Å². The van der Waals surface area contributed by atoms with E-state index in [1.54, 1.807) is 0 Å². The number of hydrazine groups is 1. The lowest BCUT2D eigenvalue weighted by Gasteiger charge is -2.03. The number of nitrogens with zero attached hydrogens (tertiary/aromatic N) is 3. The molecule has 2 aromatic rings. The maximum Gasteiger partial charge on any atom is 0.251 e. The summed E-state index contributed by atoms with van der Waals surface area (Å²) >= 11 is 7.02. The second-order valence-electron chi connectivity index (χ2n) is 2.83. The molecule has 4 N–H and O–H groups in total. The van der Waals surface area contributed by atoms with Gasteiger partial charge in [0.25, 0.3) is 5.56 Å². The van der Waals surface area contributed by atoms with Crippen LogP contribution in [0.2, 0.25) is 5.02 Å². The third kappa shape index (κ3) is 2.93. The van der Waals surface area contributed by atoms with Crippen LogP contribution >= 0.6 is 23.4 Å². The highest BCUT2D eigenvalue weighted by atomic mass is 35.5. The average Bonchev–Trinajstić information content (AvgIpc) is 2.32. The molecule has 2 aromatic heterocycles. The first-order valence-corrected chi connectivity index (χ1v) is 5.61. The van der Waals surface area contributed by atoms with Gasteiger partial charge < -0.3 is 4.98 Å². The molecule has 0 aromatic carbocycles. The number of nitrogen functional groups attached to an aromatic ring is 1. The first-order valence-electron chi connectivity index (χ1n) is 4.41. The van der Waals surface area contributed by atoms with Gasteiger partial charge in [0.2, 0.25) is 5.95 Å². The van der Waals surface area contributed by atoms with Gasteiger partial charge in [-0.3, -0.25) is 10.2 Å². The molecule has 9 heteroatoms. The Morgan fingerprint density at radius 3 is 3.00 bits per heavy atom. The van der Waals surface area contributed by atoms with E-state index in [1.807, 2.05) is 0 Å². The van der Waals surface area contributed by atoms with E-state index in [9.17, 15) is 4.79 Å².